The van der Waals surface area contributed by atoms with Gasteiger partial charge in [0, 0.05) is 0 Å². The van der Waals surface area contributed by atoms with Crippen LogP contribution in [0.15, 0.2) is 12.2 Å². The summed E-state index contributed by atoms with van der Waals surface area (Å²) in [5, 5.41) is 9.29. The van der Waals surface area contributed by atoms with E-state index in [4.69, 9.17) is 0 Å². The quantitative estimate of drug-likeness (QED) is 0.409. The van der Waals surface area contributed by atoms with Crippen LogP contribution in [0.2, 0.25) is 0 Å². The summed E-state index contributed by atoms with van der Waals surface area (Å²) >= 11 is 0.975. The van der Waals surface area contributed by atoms with Gasteiger partial charge in [-0.25, -0.2) is 0 Å². The molecule has 2 nitrogen and oxygen atoms in total. The smallest absolute Gasteiger partial charge is 0.216 e. The lowest BCUT2D eigenvalue weighted by atomic mass is 10.2. The van der Waals surface area contributed by atoms with Crippen LogP contribution in [0, 0.1) is 0 Å². The van der Waals surface area contributed by atoms with E-state index in [9.17, 15) is 9.90 Å². The molecule has 0 aromatic heterocycles. The zero-order valence-electron chi connectivity index (χ0n) is 8.38. The van der Waals surface area contributed by atoms with Crippen molar-refractivity contribution >= 4 is 16.9 Å². The summed E-state index contributed by atoms with van der Waals surface area (Å²) in [6, 6.07) is 0. The molecule has 13 heavy (non-hydrogen) atoms. The fraction of sp³-hybridized carbons (Fsp3) is 0.700. The van der Waals surface area contributed by atoms with Crippen molar-refractivity contribution in [3.63, 3.8) is 0 Å². The Morgan fingerprint density at radius 1 is 1.54 bits per heavy atom. The molecule has 0 saturated heterocycles. The van der Waals surface area contributed by atoms with Crippen molar-refractivity contribution in [3.05, 3.63) is 12.2 Å². The van der Waals surface area contributed by atoms with E-state index >= 15 is 0 Å². The van der Waals surface area contributed by atoms with Gasteiger partial charge in [-0.05, 0) is 18.9 Å². The van der Waals surface area contributed by atoms with Crippen molar-refractivity contribution < 1.29 is 9.90 Å². The van der Waals surface area contributed by atoms with Crippen molar-refractivity contribution in [3.8, 4) is 0 Å². The molecule has 0 aromatic rings. The predicted octanol–water partition coefficient (Wildman–Crippen LogP) is 2.72. The Hall–Kier alpha value is -0.280. The minimum Gasteiger partial charge on any atom is -0.382 e. The molecule has 0 amide bonds. The average Bonchev–Trinajstić information content (AvgIpc) is 2.04. The van der Waals surface area contributed by atoms with E-state index in [1.165, 1.54) is 0 Å². The van der Waals surface area contributed by atoms with Gasteiger partial charge in [-0.3, -0.25) is 4.79 Å². The second-order valence-electron chi connectivity index (χ2n) is 3.14. The van der Waals surface area contributed by atoms with Crippen LogP contribution in [0.5, 0.6) is 0 Å². The SMILES string of the molecule is C=C(C)C(=O)SC(O)CCCCC. The van der Waals surface area contributed by atoms with Crippen LogP contribution >= 0.6 is 11.8 Å². The summed E-state index contributed by atoms with van der Waals surface area (Å²) in [5.74, 6) is 0. The van der Waals surface area contributed by atoms with E-state index in [2.05, 4.69) is 13.5 Å². The number of carbonyl (C=O) groups is 1. The van der Waals surface area contributed by atoms with Gasteiger partial charge in [0.25, 0.3) is 0 Å². The second-order valence-corrected chi connectivity index (χ2v) is 4.29. The Labute approximate surface area is 84.4 Å². The molecule has 0 bridgehead atoms. The number of thioether (sulfide) groups is 1. The average molecular weight is 202 g/mol. The molecular formula is C10H18O2S. The molecule has 1 N–H and O–H groups in total. The van der Waals surface area contributed by atoms with Crippen molar-refractivity contribution in [1.82, 2.24) is 0 Å². The molecule has 1 unspecified atom stereocenters. The van der Waals surface area contributed by atoms with Gasteiger partial charge in [0.2, 0.25) is 5.12 Å². The minimum atomic E-state index is -0.559. The lowest BCUT2D eigenvalue weighted by molar-refractivity contribution is -0.107. The first-order chi connectivity index (χ1) is 6.07. The molecule has 0 fully saturated rings. The first-order valence-electron chi connectivity index (χ1n) is 4.62. The number of rotatable bonds is 6. The molecule has 1 atom stereocenters. The van der Waals surface area contributed by atoms with Crippen LogP contribution in [-0.4, -0.2) is 15.7 Å². The molecule has 0 rings (SSSR count). The maximum absolute atomic E-state index is 11.1. The highest BCUT2D eigenvalue weighted by atomic mass is 32.2. The molecule has 0 aliphatic rings. The molecular weight excluding hydrogens is 184 g/mol. The summed E-state index contributed by atoms with van der Waals surface area (Å²) in [6.45, 7) is 7.29. The second kappa shape index (κ2) is 7.15. The topological polar surface area (TPSA) is 37.3 Å². The van der Waals surface area contributed by atoms with Crippen LogP contribution in [0.4, 0.5) is 0 Å². The van der Waals surface area contributed by atoms with E-state index in [0.29, 0.717) is 12.0 Å². The van der Waals surface area contributed by atoms with Gasteiger partial charge in [0.05, 0.1) is 0 Å². The maximum Gasteiger partial charge on any atom is 0.216 e. The predicted molar refractivity (Wildman–Crippen MR) is 57.6 cm³/mol. The fourth-order valence-electron chi connectivity index (χ4n) is 0.852. The maximum atomic E-state index is 11.1. The summed E-state index contributed by atoms with van der Waals surface area (Å²) in [6.07, 6.45) is 3.91. The number of hydrogen-bond acceptors (Lipinski definition) is 3. The third-order valence-electron chi connectivity index (χ3n) is 1.65. The monoisotopic (exact) mass is 202 g/mol. The fourth-order valence-corrected chi connectivity index (χ4v) is 1.58. The van der Waals surface area contributed by atoms with E-state index in [-0.39, 0.29) is 5.12 Å². The van der Waals surface area contributed by atoms with Gasteiger partial charge in [0.15, 0.2) is 0 Å². The van der Waals surface area contributed by atoms with Crippen LogP contribution < -0.4 is 0 Å². The Kier molecular flexibility index (Phi) is 7.00. The molecule has 76 valence electrons. The van der Waals surface area contributed by atoms with Gasteiger partial charge in [-0.1, -0.05) is 44.5 Å². The first-order valence-corrected chi connectivity index (χ1v) is 5.50. The number of unbranched alkanes of at least 4 members (excludes halogenated alkanes) is 2. The zero-order chi connectivity index (χ0) is 10.3. The van der Waals surface area contributed by atoms with Crippen molar-refractivity contribution in [1.29, 1.82) is 0 Å². The van der Waals surface area contributed by atoms with Crippen molar-refractivity contribution in [2.45, 2.75) is 45.0 Å². The zero-order valence-corrected chi connectivity index (χ0v) is 9.19. The van der Waals surface area contributed by atoms with E-state index in [0.717, 1.165) is 31.0 Å². The third-order valence-corrected chi connectivity index (χ3v) is 2.72. The molecule has 0 aliphatic heterocycles. The van der Waals surface area contributed by atoms with Gasteiger partial charge in [0.1, 0.15) is 5.44 Å². The standard InChI is InChI=1S/C10H18O2S/c1-4-5-6-7-9(11)13-10(12)8(2)3/h9,11H,2,4-7H2,1,3H3. The normalized spacial score (nSPS) is 12.5. The lowest BCUT2D eigenvalue weighted by Crippen LogP contribution is -2.05. The first kappa shape index (κ1) is 12.7. The number of hydrogen-bond donors (Lipinski definition) is 1. The lowest BCUT2D eigenvalue weighted by Gasteiger charge is -2.07. The Morgan fingerprint density at radius 3 is 2.62 bits per heavy atom. The number of aliphatic hydroxyl groups excluding tert-OH is 1. The summed E-state index contributed by atoms with van der Waals surface area (Å²) in [5.41, 5.74) is -0.0599. The Balaban J connectivity index is 3.55. The van der Waals surface area contributed by atoms with Crippen LogP contribution in [0.1, 0.15) is 39.5 Å². The van der Waals surface area contributed by atoms with Crippen LogP contribution in [-0.2, 0) is 4.79 Å². The van der Waals surface area contributed by atoms with Gasteiger partial charge < -0.3 is 5.11 Å². The molecule has 0 radical (unpaired) electrons. The van der Waals surface area contributed by atoms with Crippen LogP contribution in [0.25, 0.3) is 0 Å². The third kappa shape index (κ3) is 6.84. The molecule has 3 heteroatoms. The summed E-state index contributed by atoms with van der Waals surface area (Å²) in [7, 11) is 0. The van der Waals surface area contributed by atoms with E-state index in [1.54, 1.807) is 6.92 Å². The van der Waals surface area contributed by atoms with Gasteiger partial charge in [-0.2, -0.15) is 0 Å². The molecule has 0 saturated carbocycles. The summed E-state index contributed by atoms with van der Waals surface area (Å²) < 4.78 is 0. The van der Waals surface area contributed by atoms with Gasteiger partial charge >= 0.3 is 0 Å². The Morgan fingerprint density at radius 2 is 2.15 bits per heavy atom. The molecule has 0 heterocycles. The molecule has 0 aliphatic carbocycles. The largest absolute Gasteiger partial charge is 0.382 e. The van der Waals surface area contributed by atoms with E-state index in [1.807, 2.05) is 0 Å². The number of aliphatic hydroxyl groups is 1. The van der Waals surface area contributed by atoms with Crippen LogP contribution in [0.3, 0.4) is 0 Å². The summed E-state index contributed by atoms with van der Waals surface area (Å²) in [4.78, 5) is 11.1. The molecule has 0 aromatic carbocycles. The highest BCUT2D eigenvalue weighted by molar-refractivity contribution is 8.14. The molecule has 0 spiro atoms. The van der Waals surface area contributed by atoms with Crippen molar-refractivity contribution in [2.24, 2.45) is 0 Å². The van der Waals surface area contributed by atoms with E-state index < -0.39 is 5.44 Å². The number of carbonyl (C=O) groups excluding carboxylic acids is 1. The van der Waals surface area contributed by atoms with Gasteiger partial charge in [-0.15, -0.1) is 0 Å². The van der Waals surface area contributed by atoms with Crippen molar-refractivity contribution in [2.75, 3.05) is 0 Å². The highest BCUT2D eigenvalue weighted by Crippen LogP contribution is 2.18. The highest BCUT2D eigenvalue weighted by Gasteiger charge is 2.11. The Bertz CT molecular complexity index is 178. The minimum absolute atomic E-state index is 0.107.